The molecule has 0 N–H and O–H groups in total. The van der Waals surface area contributed by atoms with E-state index in [0.29, 0.717) is 22.1 Å². The number of methoxy groups -OCH3 is 2. The molecule has 1 aromatic heterocycles. The predicted molar refractivity (Wildman–Crippen MR) is 104 cm³/mol. The van der Waals surface area contributed by atoms with E-state index < -0.39 is 24.3 Å². The number of ketones is 1. The van der Waals surface area contributed by atoms with Crippen LogP contribution in [-0.2, 0) is 14.2 Å². The van der Waals surface area contributed by atoms with Crippen molar-refractivity contribution in [2.75, 3.05) is 14.2 Å². The molecular formula is C21H17BrO6. The first kappa shape index (κ1) is 18.9. The molecule has 2 aromatic carbocycles. The summed E-state index contributed by atoms with van der Waals surface area (Å²) in [5.41, 5.74) is 1.28. The first-order valence-electron chi connectivity index (χ1n) is 8.63. The van der Waals surface area contributed by atoms with Crippen molar-refractivity contribution in [2.24, 2.45) is 0 Å². The quantitative estimate of drug-likeness (QED) is 0.557. The molecule has 4 rings (SSSR count). The van der Waals surface area contributed by atoms with E-state index in [1.807, 2.05) is 12.1 Å². The highest BCUT2D eigenvalue weighted by molar-refractivity contribution is 9.10. The number of fused-ring (bicyclic) bond motifs is 3. The molecule has 1 heterocycles. The first-order chi connectivity index (χ1) is 13.5. The van der Waals surface area contributed by atoms with Crippen LogP contribution in [0.4, 0.5) is 0 Å². The molecule has 3 aromatic rings. The van der Waals surface area contributed by atoms with E-state index in [9.17, 15) is 9.59 Å². The van der Waals surface area contributed by atoms with Crippen LogP contribution in [0, 0.1) is 0 Å². The molecule has 7 heteroatoms. The Morgan fingerprint density at radius 1 is 1.00 bits per heavy atom. The second kappa shape index (κ2) is 7.50. The number of carbonyl (C=O) groups excluding carboxylic acids is 2. The Balaban J connectivity index is 1.80. The zero-order chi connectivity index (χ0) is 19.8. The van der Waals surface area contributed by atoms with Crippen LogP contribution in [0.2, 0.25) is 0 Å². The average molecular weight is 445 g/mol. The first-order valence-corrected chi connectivity index (χ1v) is 9.42. The normalized spacial score (nSPS) is 21.5. The topological polar surface area (TPSA) is 75.0 Å². The van der Waals surface area contributed by atoms with E-state index in [1.54, 1.807) is 36.4 Å². The zero-order valence-corrected chi connectivity index (χ0v) is 16.8. The largest absolute Gasteiger partial charge is 0.456 e. The van der Waals surface area contributed by atoms with Gasteiger partial charge in [-0.2, -0.15) is 0 Å². The molecule has 1 aliphatic carbocycles. The molecule has 0 spiro atoms. The molecule has 0 aliphatic heterocycles. The van der Waals surface area contributed by atoms with Crippen LogP contribution >= 0.6 is 15.9 Å². The molecule has 28 heavy (non-hydrogen) atoms. The Morgan fingerprint density at radius 2 is 1.71 bits per heavy atom. The van der Waals surface area contributed by atoms with Crippen LogP contribution < -0.4 is 0 Å². The number of rotatable bonds is 4. The van der Waals surface area contributed by atoms with E-state index in [1.165, 1.54) is 14.2 Å². The lowest BCUT2D eigenvalue weighted by Crippen LogP contribution is -2.46. The second-order valence-electron chi connectivity index (χ2n) is 6.39. The molecule has 0 saturated heterocycles. The highest BCUT2D eigenvalue weighted by atomic mass is 79.9. The summed E-state index contributed by atoms with van der Waals surface area (Å²) in [6.07, 6.45) is -2.67. The van der Waals surface area contributed by atoms with Gasteiger partial charge in [-0.25, -0.2) is 4.79 Å². The third-order valence-electron chi connectivity index (χ3n) is 4.82. The fourth-order valence-electron chi connectivity index (χ4n) is 3.50. The molecule has 1 aliphatic rings. The fraction of sp³-hybridized carbons (Fsp3) is 0.238. The monoisotopic (exact) mass is 444 g/mol. The molecule has 0 saturated carbocycles. The number of esters is 1. The number of para-hydroxylation sites is 1. The Kier molecular flexibility index (Phi) is 5.05. The summed E-state index contributed by atoms with van der Waals surface area (Å²) in [6.45, 7) is 0. The summed E-state index contributed by atoms with van der Waals surface area (Å²) in [4.78, 5) is 25.7. The van der Waals surface area contributed by atoms with Crippen LogP contribution in [0.5, 0.6) is 0 Å². The molecule has 3 atom stereocenters. The number of halogens is 1. The fourth-order valence-corrected chi connectivity index (χ4v) is 3.76. The van der Waals surface area contributed by atoms with Gasteiger partial charge >= 0.3 is 5.97 Å². The molecule has 0 fully saturated rings. The van der Waals surface area contributed by atoms with E-state index in [2.05, 4.69) is 15.9 Å². The molecule has 0 amide bonds. The lowest BCUT2D eigenvalue weighted by molar-refractivity contribution is -0.0998. The summed E-state index contributed by atoms with van der Waals surface area (Å²) in [7, 11) is 2.87. The van der Waals surface area contributed by atoms with Gasteiger partial charge in [0.25, 0.3) is 0 Å². The molecular weight excluding hydrogens is 428 g/mol. The van der Waals surface area contributed by atoms with Crippen molar-refractivity contribution in [3.63, 3.8) is 0 Å². The van der Waals surface area contributed by atoms with Gasteiger partial charge in [-0.1, -0.05) is 34.1 Å². The van der Waals surface area contributed by atoms with Crippen LogP contribution in [0.1, 0.15) is 32.6 Å². The van der Waals surface area contributed by atoms with Crippen molar-refractivity contribution < 1.29 is 28.2 Å². The summed E-state index contributed by atoms with van der Waals surface area (Å²) >= 11 is 3.34. The average Bonchev–Trinajstić information content (AvgIpc) is 3.10. The maximum atomic E-state index is 13.0. The van der Waals surface area contributed by atoms with Gasteiger partial charge in [0.2, 0.25) is 0 Å². The maximum Gasteiger partial charge on any atom is 0.338 e. The Morgan fingerprint density at radius 3 is 2.39 bits per heavy atom. The van der Waals surface area contributed by atoms with E-state index >= 15 is 0 Å². The summed E-state index contributed by atoms with van der Waals surface area (Å²) in [5.74, 6) is -0.530. The summed E-state index contributed by atoms with van der Waals surface area (Å²) in [5, 5.41) is 0.656. The van der Waals surface area contributed by atoms with Crippen molar-refractivity contribution in [2.45, 2.75) is 18.3 Å². The van der Waals surface area contributed by atoms with Gasteiger partial charge in [0.05, 0.1) is 11.1 Å². The SMILES string of the molecule is CO[C@@H]1[C@H](OC)C(=O)c2c(oc3ccccc23)[C@@H]1OC(=O)c1ccc(Br)cc1. The summed E-state index contributed by atoms with van der Waals surface area (Å²) < 4.78 is 23.4. The Bertz CT molecular complexity index is 1040. The number of ether oxygens (including phenoxy) is 3. The number of benzene rings is 2. The minimum atomic E-state index is -0.925. The van der Waals surface area contributed by atoms with E-state index in [0.717, 1.165) is 4.47 Å². The number of hydrogen-bond donors (Lipinski definition) is 0. The molecule has 6 nitrogen and oxygen atoms in total. The van der Waals surface area contributed by atoms with Crippen LogP contribution in [0.15, 0.2) is 57.4 Å². The summed E-state index contributed by atoms with van der Waals surface area (Å²) in [6, 6.07) is 14.0. The Labute approximate surface area is 169 Å². The Hall–Kier alpha value is -2.48. The standard InChI is InChI=1S/C21H17BrO6/c1-25-18-16(23)15-13-5-3-4-6-14(13)27-17(15)20(19(18)26-2)28-21(24)11-7-9-12(22)10-8-11/h3-10,18-20H,1-2H3/t18-,19-,20+/m1/s1. The van der Waals surface area contributed by atoms with Gasteiger partial charge in [0.1, 0.15) is 11.7 Å². The van der Waals surface area contributed by atoms with Crippen LogP contribution in [0.3, 0.4) is 0 Å². The van der Waals surface area contributed by atoms with Crippen molar-refractivity contribution >= 4 is 38.7 Å². The highest BCUT2D eigenvalue weighted by Gasteiger charge is 2.48. The minimum absolute atomic E-state index is 0.259. The zero-order valence-electron chi connectivity index (χ0n) is 15.2. The van der Waals surface area contributed by atoms with E-state index in [4.69, 9.17) is 18.6 Å². The van der Waals surface area contributed by atoms with Gasteiger partial charge < -0.3 is 18.6 Å². The molecule has 0 bridgehead atoms. The molecule has 144 valence electrons. The van der Waals surface area contributed by atoms with Crippen molar-refractivity contribution in [1.82, 2.24) is 0 Å². The third-order valence-corrected chi connectivity index (χ3v) is 5.35. The van der Waals surface area contributed by atoms with Gasteiger partial charge in [-0.15, -0.1) is 0 Å². The van der Waals surface area contributed by atoms with Crippen molar-refractivity contribution in [1.29, 1.82) is 0 Å². The van der Waals surface area contributed by atoms with Crippen LogP contribution in [-0.4, -0.2) is 38.2 Å². The highest BCUT2D eigenvalue weighted by Crippen LogP contribution is 2.41. The molecule has 0 unspecified atom stereocenters. The lowest BCUT2D eigenvalue weighted by Gasteiger charge is -2.33. The van der Waals surface area contributed by atoms with Crippen molar-refractivity contribution in [3.05, 3.63) is 69.9 Å². The van der Waals surface area contributed by atoms with Crippen molar-refractivity contribution in [3.8, 4) is 0 Å². The molecule has 0 radical (unpaired) electrons. The van der Waals surface area contributed by atoms with Gasteiger partial charge in [-0.3, -0.25) is 4.79 Å². The minimum Gasteiger partial charge on any atom is -0.456 e. The number of Topliss-reactive ketones (excluding diaryl/α,β-unsaturated/α-hetero) is 1. The van der Waals surface area contributed by atoms with E-state index in [-0.39, 0.29) is 11.5 Å². The third kappa shape index (κ3) is 3.05. The lowest BCUT2D eigenvalue weighted by atomic mass is 9.87. The number of furan rings is 1. The maximum absolute atomic E-state index is 13.0. The van der Waals surface area contributed by atoms with Gasteiger partial charge in [0.15, 0.2) is 23.8 Å². The van der Waals surface area contributed by atoms with Crippen LogP contribution in [0.25, 0.3) is 11.0 Å². The number of carbonyl (C=O) groups is 2. The predicted octanol–water partition coefficient (Wildman–Crippen LogP) is 4.32. The smallest absolute Gasteiger partial charge is 0.338 e. The second-order valence-corrected chi connectivity index (χ2v) is 7.31. The number of hydrogen-bond acceptors (Lipinski definition) is 6. The van der Waals surface area contributed by atoms with Gasteiger partial charge in [0, 0.05) is 24.1 Å². The van der Waals surface area contributed by atoms with Gasteiger partial charge in [-0.05, 0) is 30.3 Å².